The van der Waals surface area contributed by atoms with E-state index in [1.165, 1.54) is 40.2 Å². The Morgan fingerprint density at radius 2 is 0.806 bits per heavy atom. The fourth-order valence-corrected chi connectivity index (χ4v) is 21.8. The third-order valence-electron chi connectivity index (χ3n) is 25.4. The maximum absolute atomic E-state index is 12.7. The number of carbonyl (C=O) groups is 7. The molecule has 0 aliphatic heterocycles. The molecule has 134 heavy (non-hydrogen) atoms. The molecule has 8 unspecified atom stereocenters. The number of rotatable bonds is 26. The lowest BCUT2D eigenvalue weighted by atomic mass is 9.90. The number of ketones is 2. The van der Waals surface area contributed by atoms with Crippen LogP contribution < -0.4 is 21.3 Å². The zero-order chi connectivity index (χ0) is 94.6. The van der Waals surface area contributed by atoms with Crippen molar-refractivity contribution in [2.75, 3.05) is 39.1 Å². The van der Waals surface area contributed by atoms with Gasteiger partial charge in [-0.25, -0.2) is 19.9 Å². The highest BCUT2D eigenvalue weighted by molar-refractivity contribution is 8.03. The largest absolute Gasteiger partial charge is 0.349 e. The molecule has 0 bridgehead atoms. The number of benzene rings is 5. The molecule has 4 saturated carbocycles. The first kappa shape index (κ1) is 98.4. The highest BCUT2D eigenvalue weighted by atomic mass is 32.2. The molecule has 23 nitrogen and oxygen atoms in total. The summed E-state index contributed by atoms with van der Waals surface area (Å²) in [7, 11) is 3.49. The Morgan fingerprint density at radius 3 is 1.19 bits per heavy atom. The summed E-state index contributed by atoms with van der Waals surface area (Å²) in [5.74, 6) is 4.01. The lowest BCUT2D eigenvalue weighted by molar-refractivity contribution is -0.118. The fraction of sp³-hybridized carbons (Fsp3) is 0.377. The average molecular weight is 1890 g/mol. The second-order valence-electron chi connectivity index (χ2n) is 35.1. The van der Waals surface area contributed by atoms with Crippen LogP contribution in [0.2, 0.25) is 0 Å². The Hall–Kier alpha value is -11.6. The van der Waals surface area contributed by atoms with Gasteiger partial charge in [-0.05, 0) is 283 Å². The van der Waals surface area contributed by atoms with Crippen LogP contribution in [0.25, 0.3) is 90.1 Å². The molecule has 4 N–H and O–H groups in total. The van der Waals surface area contributed by atoms with E-state index in [9.17, 15) is 33.6 Å². The minimum atomic E-state index is -0.0511. The third kappa shape index (κ3) is 23.5. The van der Waals surface area contributed by atoms with Gasteiger partial charge in [0.1, 0.15) is 22.9 Å². The normalized spacial score (nSPS) is 18.7. The summed E-state index contributed by atoms with van der Waals surface area (Å²) >= 11 is 7.68. The lowest BCUT2D eigenvalue weighted by Crippen LogP contribution is -2.39. The molecule has 8 atom stereocenters. The van der Waals surface area contributed by atoms with Crippen LogP contribution in [0.3, 0.4) is 0 Å². The van der Waals surface area contributed by atoms with Crippen molar-refractivity contribution in [1.82, 2.24) is 79.3 Å². The number of Topliss-reactive ketones (excluding diaryl/α,β-unsaturated/α-hetero) is 2. The molecule has 13 aromatic rings. The summed E-state index contributed by atoms with van der Waals surface area (Å²) in [6, 6.07) is 56.9. The second kappa shape index (κ2) is 46.6. The quantitative estimate of drug-likeness (QED) is 0.0223. The first-order valence-electron chi connectivity index (χ1n) is 46.6. The number of carbonyl (C=O) groups excluding carboxylic acids is 7. The summed E-state index contributed by atoms with van der Waals surface area (Å²) in [5.41, 5.74) is 13.2. The Bertz CT molecular complexity index is 6430. The Balaban J connectivity index is 0.000000144. The summed E-state index contributed by atoms with van der Waals surface area (Å²) in [6.07, 6.45) is 35.4. The molecule has 5 amide bonds. The molecular formula is C106H122N16O7S5. The van der Waals surface area contributed by atoms with Gasteiger partial charge in [0.05, 0.1) is 63.7 Å². The number of thiophene rings is 1. The van der Waals surface area contributed by atoms with Gasteiger partial charge >= 0.3 is 0 Å². The molecule has 8 aromatic heterocycles. The van der Waals surface area contributed by atoms with E-state index >= 15 is 0 Å². The third-order valence-corrected chi connectivity index (χ3v) is 29.8. The van der Waals surface area contributed by atoms with Gasteiger partial charge in [-0.3, -0.25) is 48.5 Å². The van der Waals surface area contributed by atoms with Gasteiger partial charge in [0.15, 0.2) is 29.0 Å². The summed E-state index contributed by atoms with van der Waals surface area (Å²) in [5, 5.41) is 13.0. The molecule has 0 radical (unpaired) electrons. The van der Waals surface area contributed by atoms with Crippen molar-refractivity contribution < 1.29 is 33.6 Å². The number of fused-ring (bicyclic) bond motifs is 4. The zero-order valence-corrected chi connectivity index (χ0v) is 82.9. The number of nitrogens with zero attached hydrogens (tertiary/aromatic N) is 12. The van der Waals surface area contributed by atoms with Crippen LogP contribution in [-0.4, -0.2) is 162 Å². The predicted octanol–water partition coefficient (Wildman–Crippen LogP) is 23.1. The van der Waals surface area contributed by atoms with Gasteiger partial charge in [0.25, 0.3) is 29.5 Å². The van der Waals surface area contributed by atoms with Crippen LogP contribution in [-0.2, 0) is 14.4 Å². The first-order valence-corrected chi connectivity index (χ1v) is 52.3. The number of thioether (sulfide) groups is 4. The van der Waals surface area contributed by atoms with Crippen LogP contribution in [0.5, 0.6) is 0 Å². The Kier molecular flexibility index (Phi) is 34.2. The number of allylic oxidation sites excluding steroid dienone is 3. The van der Waals surface area contributed by atoms with Crippen LogP contribution in [0, 0.1) is 12.8 Å². The number of hydrogen-bond acceptors (Lipinski definition) is 19. The molecular weight excluding hydrogens is 1770 g/mol. The number of pyridine rings is 3. The molecule has 0 saturated heterocycles. The Morgan fingerprint density at radius 1 is 0.433 bits per heavy atom. The van der Waals surface area contributed by atoms with Gasteiger partial charge in [-0.15, -0.1) is 58.4 Å². The van der Waals surface area contributed by atoms with Crippen molar-refractivity contribution in [2.24, 2.45) is 5.92 Å². The smallest absolute Gasteiger partial charge is 0.261 e. The molecule has 28 heteroatoms. The SMILES string of the molecule is C/C=C(\SC)C(=O)NC1CCCC(n2c(-c3ccccc3SC)nc3cc(C(=O)CC)ccc32)C1.C/C=C(\SC)C(=O)NC1CCCC(n2c(-c3ccccn3)nc3cc(C(=O)CC(C)C)ccc32)C1.C/C=C(\SC)C(=O)NC1CCCC(n2c(-c3ccccn3)nc3cc(C(=O)N(C)C)ccc32)C1.Cc1ccc(C(=O)NC2CCCC(n3c(-c4ccccn4)nc4ccccc43)C2)s1. The van der Waals surface area contributed by atoms with Gasteiger partial charge < -0.3 is 44.4 Å². The molecule has 5 aromatic carbocycles. The number of nitrogens with one attached hydrogen (secondary N) is 4. The number of imidazole rings is 4. The van der Waals surface area contributed by atoms with Gasteiger partial charge in [0.2, 0.25) is 0 Å². The maximum Gasteiger partial charge on any atom is 0.261 e. The van der Waals surface area contributed by atoms with Crippen molar-refractivity contribution in [3.63, 3.8) is 0 Å². The highest BCUT2D eigenvalue weighted by Crippen LogP contribution is 2.43. The number of aryl methyl sites for hydroxylation is 1. The van der Waals surface area contributed by atoms with Gasteiger partial charge in [-0.2, -0.15) is 0 Å². The summed E-state index contributed by atoms with van der Waals surface area (Å²) in [4.78, 5) is 129. The van der Waals surface area contributed by atoms with E-state index in [4.69, 9.17) is 19.9 Å². The van der Waals surface area contributed by atoms with E-state index in [0.29, 0.717) is 35.4 Å². The lowest BCUT2D eigenvalue weighted by Gasteiger charge is -2.32. The Labute approximate surface area is 806 Å². The van der Waals surface area contributed by atoms with Crippen LogP contribution in [0.15, 0.2) is 226 Å². The second-order valence-corrected chi connectivity index (χ2v) is 39.8. The van der Waals surface area contributed by atoms with Crippen molar-refractivity contribution in [2.45, 2.75) is 217 Å². The topological polar surface area (TPSA) is 281 Å². The number of para-hydroxylation sites is 2. The van der Waals surface area contributed by atoms with Crippen LogP contribution in [0.1, 0.15) is 227 Å². The number of amides is 5. The molecule has 4 aliphatic carbocycles. The summed E-state index contributed by atoms with van der Waals surface area (Å²) in [6.45, 7) is 13.7. The number of hydrogen-bond donors (Lipinski definition) is 4. The molecule has 698 valence electrons. The van der Waals surface area contributed by atoms with Gasteiger partial charge in [-0.1, -0.05) is 87.5 Å². The molecule has 8 heterocycles. The van der Waals surface area contributed by atoms with E-state index in [2.05, 4.69) is 117 Å². The van der Waals surface area contributed by atoms with E-state index in [1.54, 1.807) is 54.5 Å². The van der Waals surface area contributed by atoms with Crippen LogP contribution >= 0.6 is 58.4 Å². The summed E-state index contributed by atoms with van der Waals surface area (Å²) < 4.78 is 9.22. The average Bonchev–Trinajstić information content (AvgIpc) is 1.61. The first-order chi connectivity index (χ1) is 65.0. The molecule has 0 spiro atoms. The highest BCUT2D eigenvalue weighted by Gasteiger charge is 2.35. The van der Waals surface area contributed by atoms with E-state index in [0.717, 1.165) is 217 Å². The fourth-order valence-electron chi connectivity index (χ4n) is 19.0. The minimum absolute atomic E-state index is 0.000560. The van der Waals surface area contributed by atoms with E-state index in [-0.39, 0.29) is 89.4 Å². The monoisotopic (exact) mass is 1890 g/mol. The molecule has 4 fully saturated rings. The molecule has 4 aliphatic rings. The predicted molar refractivity (Wildman–Crippen MR) is 550 cm³/mol. The van der Waals surface area contributed by atoms with E-state index in [1.807, 2.05) is 205 Å². The molecule has 17 rings (SSSR count). The zero-order valence-electron chi connectivity index (χ0n) is 78.8. The number of aromatic nitrogens is 11. The maximum atomic E-state index is 12.7. The van der Waals surface area contributed by atoms with Crippen molar-refractivity contribution >= 4 is 144 Å². The minimum Gasteiger partial charge on any atom is -0.349 e. The van der Waals surface area contributed by atoms with Gasteiger partial charge in [0, 0.05) is 126 Å². The van der Waals surface area contributed by atoms with Crippen molar-refractivity contribution in [3.05, 3.63) is 248 Å². The van der Waals surface area contributed by atoms with Crippen molar-refractivity contribution in [1.29, 1.82) is 0 Å². The van der Waals surface area contributed by atoms with Crippen LogP contribution in [0.4, 0.5) is 0 Å². The standard InChI is InChI=1S/C28H34N4O2S.C28H33N3O2S2.C26H31N5O2S.C24H24N4OS/c1-5-26(35-4)28(34)30-20-9-8-10-21(17-20)32-24-13-12-19(25(33)15-18(2)3)16-23(24)31-27(32)22-11-6-7-14-29-22;1-5-24(32)18-14-15-23-22(16-18)30-27(21-12-7-8-13-26(21)35-4)31(23)20-11-9-10-19(17-20)29-28(33)25(6-2)34-3;1-5-23(34-4)25(32)28-18-9-8-10-19(16-18)31-22-13-12-17(26(33)30(2)3)15-21(22)29-24(31)20-11-6-7-14-27-20;1-16-12-13-22(30-16)24(29)26-17-7-6-8-18(15-17)28-21-11-3-2-9-19(21)27-23(28)20-10-4-5-14-25-20/h5-7,11-14,16,18,20-21H,8-10,15,17H2,1-4H3,(H,30,34);6-8,12-16,19-20H,5,9-11,17H2,1-4H3,(H,29,33);5-7,11-15,18-19H,8-10,16H2,1-4H3,(H,28,32);2-5,9-14,17-18H,6-8,15H2,1H3,(H,26,29)/b26-5-;25-6-;23-5-;. The van der Waals surface area contributed by atoms with E-state index < -0.39 is 0 Å². The van der Waals surface area contributed by atoms with Crippen molar-refractivity contribution in [3.8, 4) is 45.9 Å².